The van der Waals surface area contributed by atoms with Crippen molar-refractivity contribution in [2.45, 2.75) is 27.3 Å². The van der Waals surface area contributed by atoms with Crippen LogP contribution in [0.4, 0.5) is 4.79 Å². The van der Waals surface area contributed by atoms with Gasteiger partial charge in [0.25, 0.3) is 11.1 Å². The van der Waals surface area contributed by atoms with Gasteiger partial charge in [-0.25, -0.2) is 0 Å². The lowest BCUT2D eigenvalue weighted by atomic mass is 10.1. The predicted molar refractivity (Wildman–Crippen MR) is 122 cm³/mol. The van der Waals surface area contributed by atoms with Crippen molar-refractivity contribution in [3.63, 3.8) is 0 Å². The standard InChI is InChI=1S/C24H24N2O3S/c1-4-25-15-18(19-7-5-6-8-20(19)25)14-22-23(27)26(24(28)30-22)11-12-29-21-13-16(2)9-10-17(21)3/h5-10,13-15H,4,11-12H2,1-3H3/b22-14-. The molecule has 4 rings (SSSR count). The van der Waals surface area contributed by atoms with E-state index >= 15 is 0 Å². The zero-order valence-electron chi connectivity index (χ0n) is 17.3. The Balaban J connectivity index is 1.50. The van der Waals surface area contributed by atoms with Crippen LogP contribution in [0, 0.1) is 13.8 Å². The van der Waals surface area contributed by atoms with E-state index in [1.807, 2.05) is 62.5 Å². The van der Waals surface area contributed by atoms with Crippen LogP contribution in [-0.4, -0.2) is 33.8 Å². The van der Waals surface area contributed by atoms with Gasteiger partial charge in [0.1, 0.15) is 12.4 Å². The van der Waals surface area contributed by atoms with Crippen LogP contribution in [0.5, 0.6) is 5.75 Å². The second-order valence-electron chi connectivity index (χ2n) is 7.34. The van der Waals surface area contributed by atoms with E-state index in [4.69, 9.17) is 4.74 Å². The molecule has 1 fully saturated rings. The van der Waals surface area contributed by atoms with E-state index in [1.54, 1.807) is 0 Å². The molecule has 1 aliphatic rings. The van der Waals surface area contributed by atoms with Crippen LogP contribution in [0.3, 0.4) is 0 Å². The van der Waals surface area contributed by atoms with E-state index < -0.39 is 0 Å². The number of fused-ring (bicyclic) bond motifs is 1. The van der Waals surface area contributed by atoms with Crippen LogP contribution in [0.2, 0.25) is 0 Å². The number of hydrogen-bond donors (Lipinski definition) is 0. The molecule has 1 saturated heterocycles. The van der Waals surface area contributed by atoms with Gasteiger partial charge in [-0.05, 0) is 61.9 Å². The minimum atomic E-state index is -0.261. The number of aromatic nitrogens is 1. The normalized spacial score (nSPS) is 15.6. The van der Waals surface area contributed by atoms with Gasteiger partial charge in [0.05, 0.1) is 11.4 Å². The first-order valence-corrected chi connectivity index (χ1v) is 10.8. The lowest BCUT2D eigenvalue weighted by Crippen LogP contribution is -2.32. The fraction of sp³-hybridized carbons (Fsp3) is 0.250. The van der Waals surface area contributed by atoms with E-state index in [9.17, 15) is 9.59 Å². The van der Waals surface area contributed by atoms with Crippen LogP contribution in [0.25, 0.3) is 17.0 Å². The third-order valence-corrected chi connectivity index (χ3v) is 6.14. The summed E-state index contributed by atoms with van der Waals surface area (Å²) < 4.78 is 7.97. The third kappa shape index (κ3) is 3.87. The van der Waals surface area contributed by atoms with Gasteiger partial charge >= 0.3 is 0 Å². The Bertz CT molecular complexity index is 1160. The molecule has 0 N–H and O–H groups in total. The van der Waals surface area contributed by atoms with Crippen LogP contribution in [0.15, 0.2) is 53.6 Å². The van der Waals surface area contributed by atoms with Gasteiger partial charge in [-0.3, -0.25) is 14.5 Å². The molecule has 0 aliphatic carbocycles. The second kappa shape index (κ2) is 8.40. The molecular formula is C24H24N2O3S. The smallest absolute Gasteiger partial charge is 0.293 e. The van der Waals surface area contributed by atoms with Gasteiger partial charge in [0.15, 0.2) is 0 Å². The highest BCUT2D eigenvalue weighted by molar-refractivity contribution is 8.18. The first-order valence-electron chi connectivity index (χ1n) is 10.0. The Labute approximate surface area is 180 Å². The van der Waals surface area contributed by atoms with Gasteiger partial charge in [-0.15, -0.1) is 0 Å². The summed E-state index contributed by atoms with van der Waals surface area (Å²) in [5, 5.41) is 0.819. The number of ether oxygens (including phenoxy) is 1. The molecule has 154 valence electrons. The van der Waals surface area contributed by atoms with E-state index in [0.29, 0.717) is 4.91 Å². The molecule has 1 aromatic heterocycles. The van der Waals surface area contributed by atoms with Gasteiger partial charge in [0.2, 0.25) is 0 Å². The number of thioether (sulfide) groups is 1. The topological polar surface area (TPSA) is 51.5 Å². The van der Waals surface area contributed by atoms with Crippen LogP contribution in [-0.2, 0) is 11.3 Å². The van der Waals surface area contributed by atoms with E-state index in [1.165, 1.54) is 4.90 Å². The van der Waals surface area contributed by atoms with Gasteiger partial charge in [0, 0.05) is 29.2 Å². The second-order valence-corrected chi connectivity index (χ2v) is 8.33. The summed E-state index contributed by atoms with van der Waals surface area (Å²) in [6.07, 6.45) is 3.85. The molecule has 2 heterocycles. The lowest BCUT2D eigenvalue weighted by molar-refractivity contribution is -0.123. The van der Waals surface area contributed by atoms with Crippen molar-refractivity contribution in [1.29, 1.82) is 0 Å². The molecule has 2 aromatic carbocycles. The van der Waals surface area contributed by atoms with Crippen LogP contribution < -0.4 is 4.74 Å². The molecular weight excluding hydrogens is 396 g/mol. The zero-order chi connectivity index (χ0) is 21.3. The zero-order valence-corrected chi connectivity index (χ0v) is 18.2. The SMILES string of the molecule is CCn1cc(/C=C2\SC(=O)N(CCOc3cc(C)ccc3C)C2=O)c2ccccc21. The number of carbonyl (C=O) groups excluding carboxylic acids is 2. The molecule has 1 aliphatic heterocycles. The average molecular weight is 421 g/mol. The van der Waals surface area contributed by atoms with E-state index in [0.717, 1.165) is 51.6 Å². The highest BCUT2D eigenvalue weighted by Crippen LogP contribution is 2.34. The predicted octanol–water partition coefficient (Wildman–Crippen LogP) is 5.39. The Hall–Kier alpha value is -2.99. The highest BCUT2D eigenvalue weighted by atomic mass is 32.2. The largest absolute Gasteiger partial charge is 0.491 e. The van der Waals surface area contributed by atoms with Crippen molar-refractivity contribution in [2.24, 2.45) is 0 Å². The van der Waals surface area contributed by atoms with Crippen molar-refractivity contribution >= 4 is 39.9 Å². The maximum Gasteiger partial charge on any atom is 0.293 e. The third-order valence-electron chi connectivity index (χ3n) is 5.24. The number of rotatable bonds is 6. The summed E-state index contributed by atoms with van der Waals surface area (Å²) in [7, 11) is 0. The summed E-state index contributed by atoms with van der Waals surface area (Å²) >= 11 is 0.988. The maximum atomic E-state index is 12.8. The quantitative estimate of drug-likeness (QED) is 0.502. The van der Waals surface area contributed by atoms with Crippen LogP contribution in [0.1, 0.15) is 23.6 Å². The van der Waals surface area contributed by atoms with Gasteiger partial charge in [-0.1, -0.05) is 30.3 Å². The molecule has 0 saturated carbocycles. The number of para-hydroxylation sites is 1. The number of aryl methyl sites for hydroxylation is 3. The molecule has 0 spiro atoms. The number of imide groups is 1. The Kier molecular flexibility index (Phi) is 5.68. The fourth-order valence-corrected chi connectivity index (χ4v) is 4.45. The Morgan fingerprint density at radius 3 is 2.70 bits per heavy atom. The van der Waals surface area contributed by atoms with Crippen LogP contribution >= 0.6 is 11.8 Å². The molecule has 0 unspecified atom stereocenters. The van der Waals surface area contributed by atoms with Gasteiger partial charge < -0.3 is 9.30 Å². The van der Waals surface area contributed by atoms with E-state index in [2.05, 4.69) is 17.6 Å². The maximum absolute atomic E-state index is 12.8. The highest BCUT2D eigenvalue weighted by Gasteiger charge is 2.35. The van der Waals surface area contributed by atoms with Crippen molar-refractivity contribution < 1.29 is 14.3 Å². The number of hydrogen-bond acceptors (Lipinski definition) is 4. The van der Waals surface area contributed by atoms with Crippen molar-refractivity contribution in [1.82, 2.24) is 9.47 Å². The number of nitrogens with zero attached hydrogens (tertiary/aromatic N) is 2. The molecule has 5 nitrogen and oxygen atoms in total. The molecule has 0 bridgehead atoms. The summed E-state index contributed by atoms with van der Waals surface area (Å²) in [6, 6.07) is 14.1. The minimum Gasteiger partial charge on any atom is -0.491 e. The molecule has 0 radical (unpaired) electrons. The monoisotopic (exact) mass is 420 g/mol. The summed E-state index contributed by atoms with van der Waals surface area (Å²) in [5.74, 6) is 0.521. The summed E-state index contributed by atoms with van der Waals surface area (Å²) in [4.78, 5) is 27.0. The molecule has 3 aromatic rings. The molecule has 6 heteroatoms. The number of amides is 2. The molecule has 0 atom stereocenters. The first-order chi connectivity index (χ1) is 14.5. The van der Waals surface area contributed by atoms with Crippen molar-refractivity contribution in [2.75, 3.05) is 13.2 Å². The number of benzene rings is 2. The Morgan fingerprint density at radius 1 is 1.10 bits per heavy atom. The summed E-state index contributed by atoms with van der Waals surface area (Å²) in [5.41, 5.74) is 4.20. The summed E-state index contributed by atoms with van der Waals surface area (Å²) in [6.45, 7) is 7.40. The van der Waals surface area contributed by atoms with Crippen molar-refractivity contribution in [3.8, 4) is 5.75 Å². The first kappa shape index (κ1) is 20.3. The number of carbonyl (C=O) groups is 2. The minimum absolute atomic E-state index is 0.228. The van der Waals surface area contributed by atoms with E-state index in [-0.39, 0.29) is 24.3 Å². The molecule has 30 heavy (non-hydrogen) atoms. The molecule has 2 amide bonds. The average Bonchev–Trinajstić information content (AvgIpc) is 3.22. The Morgan fingerprint density at radius 2 is 1.90 bits per heavy atom. The van der Waals surface area contributed by atoms with Crippen molar-refractivity contribution in [3.05, 3.63) is 70.3 Å². The fourth-order valence-electron chi connectivity index (χ4n) is 3.60. The lowest BCUT2D eigenvalue weighted by Gasteiger charge is -2.14. The van der Waals surface area contributed by atoms with Gasteiger partial charge in [-0.2, -0.15) is 0 Å².